The van der Waals surface area contributed by atoms with Gasteiger partial charge in [-0.3, -0.25) is 0 Å². The zero-order valence-corrected chi connectivity index (χ0v) is 11.1. The Balaban J connectivity index is 2.93. The number of benzene rings is 1. The van der Waals surface area contributed by atoms with Gasteiger partial charge in [0.15, 0.2) is 0 Å². The summed E-state index contributed by atoms with van der Waals surface area (Å²) in [7, 11) is 1.50. The zero-order valence-electron chi connectivity index (χ0n) is 9.57. The van der Waals surface area contributed by atoms with Gasteiger partial charge in [0.05, 0.1) is 0 Å². The van der Waals surface area contributed by atoms with E-state index in [1.165, 1.54) is 11.6 Å². The molecule has 0 aliphatic rings. The minimum absolute atomic E-state index is 0.0980. The van der Waals surface area contributed by atoms with E-state index in [4.69, 9.17) is 10.7 Å². The molecule has 88 valence electrons. The van der Waals surface area contributed by atoms with Gasteiger partial charge in [-0.25, -0.2) is 8.42 Å². The van der Waals surface area contributed by atoms with Crippen molar-refractivity contribution < 1.29 is 8.42 Å². The third kappa shape index (κ3) is 4.37. The van der Waals surface area contributed by atoms with E-state index in [2.05, 4.69) is 20.8 Å². The zero-order chi connectivity index (χ0) is 12.4. The average Bonchev–Trinajstić information content (AvgIpc) is 2.13. The third-order valence-electron chi connectivity index (χ3n) is 2.20. The fourth-order valence-electron chi connectivity index (χ4n) is 1.25. The fourth-order valence-corrected chi connectivity index (χ4v) is 1.73. The highest BCUT2D eigenvalue weighted by molar-refractivity contribution is 8.16. The maximum absolute atomic E-state index is 10.7. The van der Waals surface area contributed by atoms with Crippen molar-refractivity contribution in [2.75, 3.05) is 0 Å². The van der Waals surface area contributed by atoms with E-state index in [1.54, 1.807) is 0 Å². The molecule has 4 heteroatoms. The van der Waals surface area contributed by atoms with Gasteiger partial charge in [0.1, 0.15) is 0 Å². The highest BCUT2D eigenvalue weighted by atomic mass is 35.7. The van der Waals surface area contributed by atoms with E-state index >= 15 is 0 Å². The van der Waals surface area contributed by atoms with Crippen molar-refractivity contribution in [3.63, 3.8) is 0 Å². The summed E-state index contributed by atoms with van der Waals surface area (Å²) < 4.78 is 21.4. The molecule has 0 fully saturated rings. The van der Waals surface area contributed by atoms with Crippen LogP contribution in [0.25, 0.3) is 6.08 Å². The molecule has 0 heterocycles. The first-order valence-corrected chi connectivity index (χ1v) is 7.29. The molecule has 0 radical (unpaired) electrons. The first-order chi connectivity index (χ1) is 7.18. The summed E-state index contributed by atoms with van der Waals surface area (Å²) in [6.45, 7) is 6.38. The van der Waals surface area contributed by atoms with Crippen LogP contribution in [-0.4, -0.2) is 8.42 Å². The lowest BCUT2D eigenvalue weighted by molar-refractivity contribution is 0.590. The third-order valence-corrected chi connectivity index (χ3v) is 2.97. The first-order valence-electron chi connectivity index (χ1n) is 4.92. The summed E-state index contributed by atoms with van der Waals surface area (Å²) in [5.41, 5.74) is 2.12. The van der Waals surface area contributed by atoms with E-state index in [0.717, 1.165) is 11.0 Å². The van der Waals surface area contributed by atoms with Crippen molar-refractivity contribution in [3.8, 4) is 0 Å². The van der Waals surface area contributed by atoms with Crippen LogP contribution >= 0.6 is 10.7 Å². The van der Waals surface area contributed by atoms with Crippen LogP contribution in [0.5, 0.6) is 0 Å². The second-order valence-electron chi connectivity index (χ2n) is 4.65. The van der Waals surface area contributed by atoms with Gasteiger partial charge in [-0.15, -0.1) is 0 Å². The normalized spacial score (nSPS) is 13.2. The van der Waals surface area contributed by atoms with Gasteiger partial charge in [0, 0.05) is 16.1 Å². The number of hydrogen-bond acceptors (Lipinski definition) is 2. The van der Waals surface area contributed by atoms with Gasteiger partial charge in [-0.1, -0.05) is 45.0 Å². The van der Waals surface area contributed by atoms with E-state index in [9.17, 15) is 8.42 Å². The van der Waals surface area contributed by atoms with E-state index < -0.39 is 9.05 Å². The maximum Gasteiger partial charge on any atom is 0.254 e. The Hall–Kier alpha value is -0.800. The molecule has 0 unspecified atom stereocenters. The molecule has 0 amide bonds. The van der Waals surface area contributed by atoms with Crippen LogP contribution in [0.3, 0.4) is 0 Å². The van der Waals surface area contributed by atoms with Crippen LogP contribution in [0, 0.1) is 0 Å². The smallest absolute Gasteiger partial charge is 0.208 e. The van der Waals surface area contributed by atoms with Crippen LogP contribution in [0.4, 0.5) is 0 Å². The SMILES string of the molecule is CC(C)(C)c1ccc(/C=C/S(=O)(=O)Cl)cc1. The van der Waals surface area contributed by atoms with Crippen LogP contribution in [0.2, 0.25) is 0 Å². The lowest BCUT2D eigenvalue weighted by atomic mass is 9.87. The Morgan fingerprint density at radius 2 is 1.62 bits per heavy atom. The summed E-state index contributed by atoms with van der Waals surface area (Å²) in [6.07, 6.45) is 1.48. The topological polar surface area (TPSA) is 34.1 Å². The van der Waals surface area contributed by atoms with Crippen molar-refractivity contribution in [1.29, 1.82) is 0 Å². The summed E-state index contributed by atoms with van der Waals surface area (Å²) in [5.74, 6) is 0. The van der Waals surface area contributed by atoms with Crippen LogP contribution in [-0.2, 0) is 14.5 Å². The monoisotopic (exact) mass is 258 g/mol. The number of halogens is 1. The minimum Gasteiger partial charge on any atom is -0.208 e. The molecule has 1 rings (SSSR count). The first kappa shape index (κ1) is 13.3. The van der Waals surface area contributed by atoms with E-state index in [-0.39, 0.29) is 5.41 Å². The van der Waals surface area contributed by atoms with Crippen LogP contribution < -0.4 is 0 Å². The van der Waals surface area contributed by atoms with Crippen molar-refractivity contribution in [1.82, 2.24) is 0 Å². The molecule has 0 spiro atoms. The van der Waals surface area contributed by atoms with Crippen LogP contribution in [0.1, 0.15) is 31.9 Å². The van der Waals surface area contributed by atoms with Gasteiger partial charge >= 0.3 is 0 Å². The quantitative estimate of drug-likeness (QED) is 0.761. The van der Waals surface area contributed by atoms with Gasteiger partial charge in [-0.05, 0) is 22.6 Å². The second-order valence-corrected chi connectivity index (χ2v) is 7.16. The van der Waals surface area contributed by atoms with Gasteiger partial charge in [0.2, 0.25) is 0 Å². The largest absolute Gasteiger partial charge is 0.254 e. The van der Waals surface area contributed by atoms with Crippen molar-refractivity contribution in [2.24, 2.45) is 0 Å². The van der Waals surface area contributed by atoms with Crippen LogP contribution in [0.15, 0.2) is 29.7 Å². The predicted octanol–water partition coefficient (Wildman–Crippen LogP) is 3.52. The molecule has 0 aliphatic heterocycles. The van der Waals surface area contributed by atoms with Gasteiger partial charge in [-0.2, -0.15) is 0 Å². The summed E-state index contributed by atoms with van der Waals surface area (Å²) in [5, 5.41) is 0.987. The standard InChI is InChI=1S/C12H15ClO2S/c1-12(2,3)11-6-4-10(5-7-11)8-9-16(13,14)15/h4-9H,1-3H3/b9-8+. The van der Waals surface area contributed by atoms with Gasteiger partial charge in [0.25, 0.3) is 9.05 Å². The lowest BCUT2D eigenvalue weighted by Crippen LogP contribution is -2.10. The van der Waals surface area contributed by atoms with Gasteiger partial charge < -0.3 is 0 Å². The maximum atomic E-state index is 10.7. The highest BCUT2D eigenvalue weighted by Crippen LogP contribution is 2.22. The summed E-state index contributed by atoms with van der Waals surface area (Å²) in [4.78, 5) is 0. The Morgan fingerprint density at radius 1 is 1.12 bits per heavy atom. The molecule has 1 aromatic rings. The van der Waals surface area contributed by atoms with E-state index in [0.29, 0.717) is 0 Å². The average molecular weight is 259 g/mol. The fraction of sp³-hybridized carbons (Fsp3) is 0.333. The Labute approximate surface area is 101 Å². The number of hydrogen-bond donors (Lipinski definition) is 0. The molecule has 0 aliphatic carbocycles. The molecular formula is C12H15ClO2S. The Bertz CT molecular complexity index is 479. The molecule has 0 aromatic heterocycles. The van der Waals surface area contributed by atoms with Crippen molar-refractivity contribution in [3.05, 3.63) is 40.8 Å². The second kappa shape index (κ2) is 4.60. The Morgan fingerprint density at radius 3 is 2.00 bits per heavy atom. The molecule has 0 bridgehead atoms. The molecular weight excluding hydrogens is 244 g/mol. The Kier molecular flexibility index (Phi) is 3.81. The number of rotatable bonds is 2. The summed E-state index contributed by atoms with van der Waals surface area (Å²) in [6, 6.07) is 7.72. The lowest BCUT2D eigenvalue weighted by Gasteiger charge is -2.18. The molecule has 0 saturated heterocycles. The molecule has 1 aromatic carbocycles. The molecule has 0 saturated carbocycles. The summed E-state index contributed by atoms with van der Waals surface area (Å²) >= 11 is 0. The van der Waals surface area contributed by atoms with Crippen molar-refractivity contribution in [2.45, 2.75) is 26.2 Å². The highest BCUT2D eigenvalue weighted by Gasteiger charge is 2.12. The van der Waals surface area contributed by atoms with E-state index in [1.807, 2.05) is 24.3 Å². The molecule has 16 heavy (non-hydrogen) atoms. The molecule has 0 atom stereocenters. The minimum atomic E-state index is -3.57. The molecule has 2 nitrogen and oxygen atoms in total. The van der Waals surface area contributed by atoms with Crippen molar-refractivity contribution >= 4 is 25.8 Å². The predicted molar refractivity (Wildman–Crippen MR) is 68.9 cm³/mol. The molecule has 0 N–H and O–H groups in total.